The first-order chi connectivity index (χ1) is 28.3. The molecule has 2 aliphatic heterocycles. The molecule has 2 aliphatic rings. The fraction of sp³-hybridized carbons (Fsp3) is 0.320. The summed E-state index contributed by atoms with van der Waals surface area (Å²) in [5.74, 6) is 1.84. The Kier molecular flexibility index (Phi) is 32.8. The molecule has 0 spiro atoms. The first kappa shape index (κ1) is 57.8. The van der Waals surface area contributed by atoms with Crippen LogP contribution in [0.5, 0.6) is 0 Å². The van der Waals surface area contributed by atoms with Crippen molar-refractivity contribution in [3.63, 3.8) is 0 Å². The zero-order valence-electron chi connectivity index (χ0n) is 38.6. The molecule has 0 N–H and O–H groups in total. The molecule has 0 fully saturated rings. The van der Waals surface area contributed by atoms with Crippen molar-refractivity contribution in [3.8, 4) is 0 Å². The maximum Gasteiger partial charge on any atom is 2.00 e. The van der Waals surface area contributed by atoms with Crippen molar-refractivity contribution in [2.45, 2.75) is 110 Å². The summed E-state index contributed by atoms with van der Waals surface area (Å²) in [6.07, 6.45) is 24.8. The van der Waals surface area contributed by atoms with Gasteiger partial charge < -0.3 is 29.9 Å². The number of nitrogens with zero attached hydrogens (tertiary/aromatic N) is 8. The number of aromatic nitrogens is 8. The monoisotopic (exact) mass is 846 g/mol. The topological polar surface area (TPSA) is 106 Å². The van der Waals surface area contributed by atoms with Crippen molar-refractivity contribution < 1.29 is 17.1 Å². The van der Waals surface area contributed by atoms with E-state index in [1.165, 1.54) is 0 Å². The minimum atomic E-state index is 0. The molecule has 0 amide bonds. The molecule has 0 aromatic carbocycles. The number of rotatable bonds is 9. The Hall–Kier alpha value is -5.50. The zero-order valence-corrected chi connectivity index (χ0v) is 39.6. The van der Waals surface area contributed by atoms with Crippen molar-refractivity contribution in [1.29, 1.82) is 0 Å². The summed E-state index contributed by atoms with van der Waals surface area (Å²) in [4.78, 5) is 39.1. The predicted molar refractivity (Wildman–Crippen MR) is 260 cm³/mol. The van der Waals surface area contributed by atoms with Crippen LogP contribution in [0, 0.1) is 6.92 Å². The Bertz CT molecular complexity index is 2150. The van der Waals surface area contributed by atoms with Gasteiger partial charge in [0, 0.05) is 39.3 Å². The van der Waals surface area contributed by atoms with Gasteiger partial charge in [0.25, 0.3) is 0 Å². The molecule has 59 heavy (non-hydrogen) atoms. The van der Waals surface area contributed by atoms with Gasteiger partial charge in [-0.2, -0.15) is 0 Å². The number of allylic oxidation sites excluding steroid dienone is 14. The molecule has 5 heterocycles. The van der Waals surface area contributed by atoms with Crippen LogP contribution >= 0.6 is 0 Å². The van der Waals surface area contributed by atoms with Crippen molar-refractivity contribution in [3.05, 3.63) is 139 Å². The number of fused-ring (bicyclic) bond motifs is 8. The van der Waals surface area contributed by atoms with Crippen LogP contribution in [0.15, 0.2) is 93.7 Å². The number of hydrogen-bond acceptors (Lipinski definition) is 6. The Morgan fingerprint density at radius 2 is 0.864 bits per heavy atom. The Balaban J connectivity index is -0.00000174. The van der Waals surface area contributed by atoms with E-state index >= 15 is 0 Å². The van der Waals surface area contributed by atoms with Gasteiger partial charge in [-0.05, 0) is 68.9 Å². The van der Waals surface area contributed by atoms with Crippen molar-refractivity contribution in [1.82, 2.24) is 39.9 Å². The van der Waals surface area contributed by atoms with Crippen LogP contribution in [0.25, 0.3) is 63.1 Å². The smallest absolute Gasteiger partial charge is 0.357 e. The second kappa shape index (κ2) is 33.5. The first-order valence-electron chi connectivity index (χ1n) is 20.6. The first-order valence-corrected chi connectivity index (χ1v) is 20.6. The molecule has 0 saturated heterocycles. The molecular weight excluding hydrogens is 776 g/mol. The fourth-order valence-electron chi connectivity index (χ4n) is 5.18. The third kappa shape index (κ3) is 15.0. The molecule has 321 valence electrons. The molecule has 9 heteroatoms. The van der Waals surface area contributed by atoms with E-state index in [1.807, 2.05) is 159 Å². The molecule has 1 radical (unpaired) electrons. The summed E-state index contributed by atoms with van der Waals surface area (Å²) < 4.78 is 0. The minimum Gasteiger partial charge on any atom is -0.357 e. The quantitative estimate of drug-likeness (QED) is 0.119. The van der Waals surface area contributed by atoms with Crippen molar-refractivity contribution in [2.75, 3.05) is 0 Å². The molecule has 0 saturated carbocycles. The Morgan fingerprint density at radius 3 is 1.29 bits per heavy atom. The second-order valence-corrected chi connectivity index (χ2v) is 10.4. The Morgan fingerprint density at radius 1 is 0.458 bits per heavy atom. The van der Waals surface area contributed by atoms with Crippen LogP contribution in [-0.2, 0) is 17.1 Å². The van der Waals surface area contributed by atoms with E-state index in [0.717, 1.165) is 33.4 Å². The summed E-state index contributed by atoms with van der Waals surface area (Å²) in [7, 11) is 0. The van der Waals surface area contributed by atoms with Crippen LogP contribution in [0.3, 0.4) is 0 Å². The summed E-state index contributed by atoms with van der Waals surface area (Å²) in [6, 6.07) is 0. The van der Waals surface area contributed by atoms with Gasteiger partial charge in [0.1, 0.15) is 0 Å². The third-order valence-corrected chi connectivity index (χ3v) is 7.34. The standard InChI is InChI=1S/C35H32N8.C5H8.5C2H6.Cu/c1-9-16-24-20(8)28-36-32(24)40-30-22(14-6)21(13-5)29(38-30)39-31-23(15-7)25(17-10-2)33(41-31)42-35-27(19-12-4)26(18-11-3)34(37-28)43-35;1-3-5-4-2;5*1-2;/h9-18H,4-7,19H2,1-3,8H3;3-5H,1H2,2H3;5*1-2H3;/q-2;;;;;;;+2/b16-9-,17-10-,18-11-;5-4-;;;;;;. The molecular formula is C50H70CuN8. The molecule has 0 atom stereocenters. The Labute approximate surface area is 368 Å². The van der Waals surface area contributed by atoms with E-state index in [1.54, 1.807) is 24.3 Å². The largest absolute Gasteiger partial charge is 2.00 e. The number of hydrogen-bond donors (Lipinski definition) is 0. The second-order valence-electron chi connectivity index (χ2n) is 10.4. The summed E-state index contributed by atoms with van der Waals surface area (Å²) in [5, 5.41) is 0. The molecule has 8 nitrogen and oxygen atoms in total. The zero-order chi connectivity index (χ0) is 44.8. The summed E-state index contributed by atoms with van der Waals surface area (Å²) >= 11 is 0. The number of aryl methyl sites for hydroxylation is 1. The van der Waals surface area contributed by atoms with E-state index in [9.17, 15) is 0 Å². The normalized spacial score (nSPS) is 11.2. The van der Waals surface area contributed by atoms with Gasteiger partial charge in [0.15, 0.2) is 0 Å². The summed E-state index contributed by atoms with van der Waals surface area (Å²) in [5.41, 5.74) is 8.19. The van der Waals surface area contributed by atoms with Gasteiger partial charge in [0.2, 0.25) is 0 Å². The van der Waals surface area contributed by atoms with Gasteiger partial charge >= 0.3 is 17.1 Å². The van der Waals surface area contributed by atoms with Crippen LogP contribution in [0.1, 0.15) is 149 Å². The van der Waals surface area contributed by atoms with E-state index in [4.69, 9.17) is 39.9 Å². The summed E-state index contributed by atoms with van der Waals surface area (Å²) in [6.45, 7) is 49.3. The maximum atomic E-state index is 4.97. The van der Waals surface area contributed by atoms with Gasteiger partial charge in [0.05, 0.1) is 23.3 Å². The fourth-order valence-corrected chi connectivity index (χ4v) is 5.18. The maximum absolute atomic E-state index is 4.97. The van der Waals surface area contributed by atoms with E-state index < -0.39 is 0 Å². The van der Waals surface area contributed by atoms with Crippen LogP contribution in [0.2, 0.25) is 0 Å². The average molecular weight is 847 g/mol. The van der Waals surface area contributed by atoms with Gasteiger partial charge in [-0.15, -0.1) is 6.58 Å². The molecule has 3 aromatic rings. The van der Waals surface area contributed by atoms with E-state index in [-0.39, 0.29) is 17.1 Å². The minimum absolute atomic E-state index is 0. The van der Waals surface area contributed by atoms with Crippen molar-refractivity contribution in [2.24, 2.45) is 0 Å². The molecule has 3 aromatic heterocycles. The van der Waals surface area contributed by atoms with Crippen LogP contribution < -0.4 is 9.97 Å². The van der Waals surface area contributed by atoms with Crippen LogP contribution in [0.4, 0.5) is 0 Å². The molecule has 0 aliphatic carbocycles. The van der Waals surface area contributed by atoms with Gasteiger partial charge in [-0.1, -0.05) is 175 Å². The average Bonchev–Trinajstić information content (AvgIpc) is 3.96. The van der Waals surface area contributed by atoms with Crippen molar-refractivity contribution >= 4 is 63.1 Å². The predicted octanol–water partition coefficient (Wildman–Crippen LogP) is 14.4. The van der Waals surface area contributed by atoms with Gasteiger partial charge in [-0.25, -0.2) is 9.97 Å². The third-order valence-electron chi connectivity index (χ3n) is 7.34. The van der Waals surface area contributed by atoms with E-state index in [0.29, 0.717) is 63.5 Å². The molecule has 8 bridgehead atoms. The molecule has 0 unspecified atom stereocenters. The van der Waals surface area contributed by atoms with Gasteiger partial charge in [-0.3, -0.25) is 0 Å². The van der Waals surface area contributed by atoms with E-state index in [2.05, 4.69) is 32.9 Å². The SMILES string of the molecule is C=C/C=C\C.C=CCC1=C(/C=C\C)c2nc1nc1[n-]c(nc3nc(nc4[n-]c(n2)c(C)c4/C=C\C)C(C=C)=C3C=C)c(C=C)c1/C=C\C.CC.CC.CC.CC.CC.[Cu+2]. The van der Waals surface area contributed by atoms with Crippen LogP contribution in [-0.4, -0.2) is 29.9 Å². The molecule has 5 rings (SSSR count).